The van der Waals surface area contributed by atoms with Crippen molar-refractivity contribution in [2.75, 3.05) is 13.7 Å². The second-order valence-corrected chi connectivity index (χ2v) is 5.02. The summed E-state index contributed by atoms with van der Waals surface area (Å²) < 4.78 is 16.2. The zero-order chi connectivity index (χ0) is 16.5. The quantitative estimate of drug-likeness (QED) is 0.759. The lowest BCUT2D eigenvalue weighted by atomic mass is 10.2. The van der Waals surface area contributed by atoms with Gasteiger partial charge in [-0.15, -0.1) is 0 Å². The first-order valence-electron chi connectivity index (χ1n) is 6.93. The van der Waals surface area contributed by atoms with Crippen molar-refractivity contribution in [2.24, 2.45) is 0 Å². The third-order valence-corrected chi connectivity index (χ3v) is 2.15. The third-order valence-electron chi connectivity index (χ3n) is 2.15. The molecule has 0 bridgehead atoms. The van der Waals surface area contributed by atoms with Crippen LogP contribution in [0.4, 0.5) is 0 Å². The Kier molecular flexibility index (Phi) is 8.00. The standard InChI is InChI=1S/C15H19NO3.C2H6/c1-11(19-15(2,3)4)10-18-14-8-13(17-5)7-6-12(14)9-16;1-2/h6-8H,1,10H2,2-5H3;1-2H3. The number of nitriles is 1. The molecular weight excluding hydrogens is 266 g/mol. The van der Waals surface area contributed by atoms with E-state index in [4.69, 9.17) is 19.5 Å². The Bertz CT molecular complexity index is 496. The van der Waals surface area contributed by atoms with E-state index in [0.717, 1.165) is 0 Å². The number of nitrogens with zero attached hydrogens (tertiary/aromatic N) is 1. The minimum atomic E-state index is -0.313. The van der Waals surface area contributed by atoms with Crippen molar-refractivity contribution >= 4 is 0 Å². The van der Waals surface area contributed by atoms with Crippen molar-refractivity contribution in [3.05, 3.63) is 36.1 Å². The summed E-state index contributed by atoms with van der Waals surface area (Å²) in [5, 5.41) is 9.01. The van der Waals surface area contributed by atoms with Gasteiger partial charge in [0.2, 0.25) is 0 Å². The second kappa shape index (κ2) is 8.91. The highest BCUT2D eigenvalue weighted by Crippen LogP contribution is 2.25. The Labute approximate surface area is 127 Å². The molecule has 0 spiro atoms. The summed E-state index contributed by atoms with van der Waals surface area (Å²) in [6, 6.07) is 7.11. The van der Waals surface area contributed by atoms with Gasteiger partial charge in [-0.1, -0.05) is 20.4 Å². The summed E-state index contributed by atoms with van der Waals surface area (Å²) in [6.45, 7) is 13.8. The molecule has 0 N–H and O–H groups in total. The molecule has 0 aliphatic carbocycles. The Morgan fingerprint density at radius 3 is 2.38 bits per heavy atom. The topological polar surface area (TPSA) is 51.5 Å². The van der Waals surface area contributed by atoms with E-state index in [9.17, 15) is 0 Å². The van der Waals surface area contributed by atoms with Gasteiger partial charge < -0.3 is 14.2 Å². The fourth-order valence-electron chi connectivity index (χ4n) is 1.46. The van der Waals surface area contributed by atoms with Crippen molar-refractivity contribution in [3.63, 3.8) is 0 Å². The lowest BCUT2D eigenvalue weighted by Crippen LogP contribution is -2.20. The number of rotatable bonds is 5. The third kappa shape index (κ3) is 7.26. The van der Waals surface area contributed by atoms with Crippen LogP contribution in [0.1, 0.15) is 40.2 Å². The molecule has 0 aliphatic rings. The maximum absolute atomic E-state index is 9.01. The van der Waals surface area contributed by atoms with Gasteiger partial charge in [-0.25, -0.2) is 0 Å². The number of hydrogen-bond donors (Lipinski definition) is 0. The Balaban J connectivity index is 0.00000191. The Morgan fingerprint density at radius 2 is 1.90 bits per heavy atom. The molecular formula is C17H25NO3. The van der Waals surface area contributed by atoms with E-state index >= 15 is 0 Å². The van der Waals surface area contributed by atoms with Gasteiger partial charge >= 0.3 is 0 Å². The smallest absolute Gasteiger partial charge is 0.145 e. The average Bonchev–Trinajstić information content (AvgIpc) is 2.45. The highest BCUT2D eigenvalue weighted by molar-refractivity contribution is 5.47. The molecule has 0 amide bonds. The van der Waals surface area contributed by atoms with Crippen LogP contribution in [0.2, 0.25) is 0 Å². The van der Waals surface area contributed by atoms with Crippen LogP contribution in [0, 0.1) is 11.3 Å². The highest BCUT2D eigenvalue weighted by atomic mass is 16.5. The van der Waals surface area contributed by atoms with E-state index < -0.39 is 0 Å². The van der Waals surface area contributed by atoms with Gasteiger partial charge in [0.25, 0.3) is 0 Å². The number of hydrogen-bond acceptors (Lipinski definition) is 4. The molecule has 0 fully saturated rings. The van der Waals surface area contributed by atoms with Gasteiger partial charge in [0.05, 0.1) is 12.7 Å². The monoisotopic (exact) mass is 291 g/mol. The van der Waals surface area contributed by atoms with Gasteiger partial charge in [0.1, 0.15) is 35.5 Å². The Hall–Kier alpha value is -2.15. The largest absolute Gasteiger partial charge is 0.497 e. The molecule has 1 aromatic rings. The minimum Gasteiger partial charge on any atom is -0.497 e. The van der Waals surface area contributed by atoms with Crippen molar-refractivity contribution in [1.29, 1.82) is 5.26 Å². The van der Waals surface area contributed by atoms with Gasteiger partial charge in [0, 0.05) is 6.07 Å². The minimum absolute atomic E-state index is 0.194. The molecule has 0 radical (unpaired) electrons. The number of ether oxygens (including phenoxy) is 3. The molecule has 0 unspecified atom stereocenters. The summed E-state index contributed by atoms with van der Waals surface area (Å²) in [6.07, 6.45) is 0. The summed E-state index contributed by atoms with van der Waals surface area (Å²) in [7, 11) is 1.56. The zero-order valence-corrected chi connectivity index (χ0v) is 13.8. The lowest BCUT2D eigenvalue weighted by molar-refractivity contribution is 0.0373. The molecule has 21 heavy (non-hydrogen) atoms. The van der Waals surface area contributed by atoms with Gasteiger partial charge in [0.15, 0.2) is 0 Å². The van der Waals surface area contributed by atoms with E-state index in [2.05, 4.69) is 12.6 Å². The average molecular weight is 291 g/mol. The second-order valence-electron chi connectivity index (χ2n) is 5.02. The molecule has 1 aromatic carbocycles. The first-order valence-corrected chi connectivity index (χ1v) is 6.93. The van der Waals surface area contributed by atoms with E-state index in [1.165, 1.54) is 0 Å². The van der Waals surface area contributed by atoms with Crippen LogP contribution in [0.25, 0.3) is 0 Å². The fraction of sp³-hybridized carbons (Fsp3) is 0.471. The summed E-state index contributed by atoms with van der Waals surface area (Å²) in [4.78, 5) is 0. The first-order chi connectivity index (χ1) is 9.85. The summed E-state index contributed by atoms with van der Waals surface area (Å²) in [5.41, 5.74) is 0.136. The predicted octanol–water partition coefficient (Wildman–Crippen LogP) is 4.30. The van der Waals surface area contributed by atoms with Gasteiger partial charge in [-0.3, -0.25) is 0 Å². The van der Waals surface area contributed by atoms with Crippen LogP contribution in [0.3, 0.4) is 0 Å². The Morgan fingerprint density at radius 1 is 1.29 bits per heavy atom. The van der Waals surface area contributed by atoms with Crippen molar-refractivity contribution in [2.45, 2.75) is 40.2 Å². The molecule has 4 heteroatoms. The van der Waals surface area contributed by atoms with Crippen LogP contribution in [0.5, 0.6) is 11.5 Å². The van der Waals surface area contributed by atoms with Crippen molar-refractivity contribution in [3.8, 4) is 17.6 Å². The summed E-state index contributed by atoms with van der Waals surface area (Å²) in [5.74, 6) is 1.61. The first kappa shape index (κ1) is 18.9. The summed E-state index contributed by atoms with van der Waals surface area (Å²) >= 11 is 0. The molecule has 0 heterocycles. The van der Waals surface area contributed by atoms with E-state index in [1.807, 2.05) is 34.6 Å². The van der Waals surface area contributed by atoms with Crippen molar-refractivity contribution < 1.29 is 14.2 Å². The molecule has 0 atom stereocenters. The zero-order valence-electron chi connectivity index (χ0n) is 13.8. The van der Waals surface area contributed by atoms with Crippen LogP contribution >= 0.6 is 0 Å². The molecule has 0 saturated heterocycles. The molecule has 0 aliphatic heterocycles. The van der Waals surface area contributed by atoms with Gasteiger partial charge in [-0.05, 0) is 32.9 Å². The molecule has 4 nitrogen and oxygen atoms in total. The number of methoxy groups -OCH3 is 1. The van der Waals surface area contributed by atoms with Crippen molar-refractivity contribution in [1.82, 2.24) is 0 Å². The van der Waals surface area contributed by atoms with Crippen LogP contribution in [0.15, 0.2) is 30.5 Å². The SMILES string of the molecule is C=C(COc1cc(OC)ccc1C#N)OC(C)(C)C.CC. The molecule has 1 rings (SSSR count). The molecule has 116 valence electrons. The number of benzene rings is 1. The fourth-order valence-corrected chi connectivity index (χ4v) is 1.46. The lowest BCUT2D eigenvalue weighted by Gasteiger charge is -2.23. The van der Waals surface area contributed by atoms with Crippen LogP contribution < -0.4 is 9.47 Å². The van der Waals surface area contributed by atoms with E-state index in [1.54, 1.807) is 25.3 Å². The maximum Gasteiger partial charge on any atom is 0.145 e. The predicted molar refractivity (Wildman–Crippen MR) is 84.5 cm³/mol. The maximum atomic E-state index is 9.01. The molecule has 0 aromatic heterocycles. The van der Waals surface area contributed by atoms with Crippen LogP contribution in [-0.4, -0.2) is 19.3 Å². The highest BCUT2D eigenvalue weighted by Gasteiger charge is 2.13. The molecule has 0 saturated carbocycles. The van der Waals surface area contributed by atoms with Crippen LogP contribution in [-0.2, 0) is 4.74 Å². The van der Waals surface area contributed by atoms with Gasteiger partial charge in [-0.2, -0.15) is 5.26 Å². The normalized spacial score (nSPS) is 9.76. The van der Waals surface area contributed by atoms with E-state index in [-0.39, 0.29) is 12.2 Å². The van der Waals surface area contributed by atoms with E-state index in [0.29, 0.717) is 22.8 Å².